The first kappa shape index (κ1) is 50.2. The number of oxime groups is 1. The number of alkyl halides is 1. The number of rotatable bonds is 19. The molecule has 10 rings (SSSR count). The number of halogens is 1. The maximum Gasteiger partial charge on any atom is 0.356 e. The van der Waals surface area contributed by atoms with E-state index in [0.29, 0.717) is 16.5 Å². The van der Waals surface area contributed by atoms with Gasteiger partial charge in [0.2, 0.25) is 6.61 Å². The number of carbonyl (C=O) groups is 4. The van der Waals surface area contributed by atoms with Gasteiger partial charge in [-0.2, -0.15) is 0 Å². The number of carbonyl (C=O) groups excluding carboxylic acids is 4. The number of thiazole rings is 1. The van der Waals surface area contributed by atoms with Crippen LogP contribution in [0.25, 0.3) is 0 Å². The van der Waals surface area contributed by atoms with E-state index in [1.54, 1.807) is 5.38 Å². The molecule has 0 bridgehead atoms. The number of thioether (sulfide) groups is 1. The minimum absolute atomic E-state index is 0.0272. The normalized spacial score (nSPS) is 15.4. The van der Waals surface area contributed by atoms with Crippen molar-refractivity contribution < 1.29 is 33.5 Å². The first-order valence-corrected chi connectivity index (χ1v) is 26.5. The molecule has 15 heteroatoms. The van der Waals surface area contributed by atoms with Gasteiger partial charge in [0.05, 0.1) is 0 Å². The molecule has 2 aliphatic heterocycles. The van der Waals surface area contributed by atoms with Crippen LogP contribution in [0.1, 0.15) is 56.8 Å². The lowest BCUT2D eigenvalue weighted by molar-refractivity contribution is -0.154. The summed E-state index contributed by atoms with van der Waals surface area (Å²) >= 11 is 9.04. The number of nitrogens with one attached hydrogen (secondary N) is 2. The van der Waals surface area contributed by atoms with Crippen molar-refractivity contribution in [1.82, 2.24) is 15.2 Å². The average molecular weight is 1050 g/mol. The fourth-order valence-corrected chi connectivity index (χ4v) is 11.6. The van der Waals surface area contributed by atoms with E-state index in [1.807, 2.05) is 212 Å². The summed E-state index contributed by atoms with van der Waals surface area (Å²) in [5, 5.41) is 12.2. The maximum absolute atomic E-state index is 14.7. The molecule has 7 aromatic carbocycles. The zero-order chi connectivity index (χ0) is 51.6. The highest BCUT2D eigenvalue weighted by atomic mass is 35.5. The topological polar surface area (TPSA) is 149 Å². The van der Waals surface area contributed by atoms with Gasteiger partial charge in [0, 0.05) is 17.0 Å². The van der Waals surface area contributed by atoms with Gasteiger partial charge in [-0.05, 0) is 44.5 Å². The van der Waals surface area contributed by atoms with Gasteiger partial charge in [-0.3, -0.25) is 14.5 Å². The molecule has 0 radical (unpaired) electrons. The van der Waals surface area contributed by atoms with Crippen LogP contribution in [0.3, 0.4) is 0 Å². The molecule has 2 N–H and O–H groups in total. The quantitative estimate of drug-likeness (QED) is 0.0200. The van der Waals surface area contributed by atoms with Crippen molar-refractivity contribution >= 4 is 69.3 Å². The molecule has 0 aliphatic carbocycles. The molecule has 2 aliphatic rings. The third-order valence-electron chi connectivity index (χ3n) is 12.8. The Morgan fingerprint density at radius 1 is 0.653 bits per heavy atom. The summed E-state index contributed by atoms with van der Waals surface area (Å²) in [4.78, 5) is 69.0. The largest absolute Gasteiger partial charge is 0.450 e. The zero-order valence-corrected chi connectivity index (χ0v) is 42.5. The number of hydrogen-bond acceptors (Lipinski definition) is 12. The summed E-state index contributed by atoms with van der Waals surface area (Å²) in [6, 6.07) is 66.1. The Morgan fingerprint density at radius 2 is 1.09 bits per heavy atom. The van der Waals surface area contributed by atoms with E-state index in [2.05, 4.69) is 15.8 Å². The molecule has 8 aromatic rings. The molecule has 1 unspecified atom stereocenters. The van der Waals surface area contributed by atoms with E-state index in [-0.39, 0.29) is 23.0 Å². The molecular formula is C60H48ClN5O7S2. The molecule has 1 fully saturated rings. The van der Waals surface area contributed by atoms with Crippen LogP contribution in [0.4, 0.5) is 5.13 Å². The van der Waals surface area contributed by atoms with Crippen LogP contribution in [-0.4, -0.2) is 69.0 Å². The lowest BCUT2D eigenvalue weighted by Gasteiger charge is -2.49. The van der Waals surface area contributed by atoms with E-state index in [0.717, 1.165) is 38.9 Å². The van der Waals surface area contributed by atoms with Crippen LogP contribution in [0.15, 0.2) is 234 Å². The zero-order valence-electron chi connectivity index (χ0n) is 40.1. The van der Waals surface area contributed by atoms with Crippen molar-refractivity contribution in [3.8, 4) is 0 Å². The summed E-state index contributed by atoms with van der Waals surface area (Å²) < 4.78 is 12.2. The second kappa shape index (κ2) is 23.3. The Morgan fingerprint density at radius 3 is 1.55 bits per heavy atom. The standard InChI is InChI=1S/C60H48ClN5O7S2/c61-36-44-38-74-57-51(56(69)66(57)52(44)58(70)73-54(42-26-12-3-13-27-42)43-28-14-4-15-29-43)63-55(68)50(65-71-37-49(67)72-53(40-22-8-1-9-23-40)41-24-10-2-11-25-41)48-39-75-59(62-48)64-60(45-30-16-5-17-31-45,46-32-18-6-19-33-46)47-34-20-7-21-35-47/h1-35,39,51,53-54,57H,36-38H2,(H,62,64)(H,63,68)/b65-50-/t51?,57-/m1/s1. The van der Waals surface area contributed by atoms with Crippen LogP contribution >= 0.6 is 34.7 Å². The van der Waals surface area contributed by atoms with Crippen LogP contribution in [0.2, 0.25) is 0 Å². The Hall–Kier alpha value is -8.30. The summed E-state index contributed by atoms with van der Waals surface area (Å²) in [5.41, 5.74) is 5.17. The molecule has 0 saturated carbocycles. The first-order valence-electron chi connectivity index (χ1n) is 24.1. The number of nitrogens with zero attached hydrogens (tertiary/aromatic N) is 3. The van der Waals surface area contributed by atoms with E-state index < -0.39 is 59.5 Å². The molecule has 3 heterocycles. The number of amides is 2. The van der Waals surface area contributed by atoms with E-state index >= 15 is 0 Å². The van der Waals surface area contributed by atoms with E-state index in [4.69, 9.17) is 30.9 Å². The molecule has 2 amide bonds. The second-order valence-electron chi connectivity index (χ2n) is 17.5. The predicted molar refractivity (Wildman–Crippen MR) is 292 cm³/mol. The number of ether oxygens (including phenoxy) is 2. The number of esters is 2. The summed E-state index contributed by atoms with van der Waals surface area (Å²) in [5.74, 6) is -2.57. The average Bonchev–Trinajstić information content (AvgIpc) is 3.95. The van der Waals surface area contributed by atoms with Crippen molar-refractivity contribution in [2.45, 2.75) is 29.2 Å². The van der Waals surface area contributed by atoms with Crippen LogP contribution < -0.4 is 10.6 Å². The van der Waals surface area contributed by atoms with Crippen molar-refractivity contribution in [3.05, 3.63) is 274 Å². The van der Waals surface area contributed by atoms with Gasteiger partial charge < -0.3 is 24.9 Å². The first-order chi connectivity index (χ1) is 36.8. The highest BCUT2D eigenvalue weighted by molar-refractivity contribution is 8.00. The monoisotopic (exact) mass is 1050 g/mol. The molecular weight excluding hydrogens is 1000 g/mol. The van der Waals surface area contributed by atoms with Gasteiger partial charge >= 0.3 is 11.9 Å². The number of β-lactam (4-membered cyclic amide) rings is 1. The Kier molecular flexibility index (Phi) is 15.6. The van der Waals surface area contributed by atoms with Crippen molar-refractivity contribution in [2.24, 2.45) is 5.16 Å². The molecule has 75 heavy (non-hydrogen) atoms. The summed E-state index contributed by atoms with van der Waals surface area (Å²) in [7, 11) is 0. The van der Waals surface area contributed by atoms with Crippen LogP contribution in [0, 0.1) is 0 Å². The van der Waals surface area contributed by atoms with Gasteiger partial charge in [0.25, 0.3) is 11.8 Å². The van der Waals surface area contributed by atoms with Gasteiger partial charge in [-0.1, -0.05) is 217 Å². The van der Waals surface area contributed by atoms with Crippen molar-refractivity contribution in [2.75, 3.05) is 23.6 Å². The highest BCUT2D eigenvalue weighted by Gasteiger charge is 2.55. The molecule has 2 atom stereocenters. The highest BCUT2D eigenvalue weighted by Crippen LogP contribution is 2.43. The maximum atomic E-state index is 14.7. The number of hydrogen-bond donors (Lipinski definition) is 2. The summed E-state index contributed by atoms with van der Waals surface area (Å²) in [6.45, 7) is -0.666. The van der Waals surface area contributed by atoms with Gasteiger partial charge in [-0.25, -0.2) is 14.6 Å². The molecule has 374 valence electrons. The lowest BCUT2D eigenvalue weighted by Crippen LogP contribution is -2.71. The number of fused-ring (bicyclic) bond motifs is 1. The lowest BCUT2D eigenvalue weighted by atomic mass is 9.77. The summed E-state index contributed by atoms with van der Waals surface area (Å²) in [6.07, 6.45) is -1.53. The fraction of sp³-hybridized carbons (Fsp3) is 0.133. The van der Waals surface area contributed by atoms with Gasteiger partial charge in [-0.15, -0.1) is 34.7 Å². The van der Waals surface area contributed by atoms with Crippen molar-refractivity contribution in [3.63, 3.8) is 0 Å². The van der Waals surface area contributed by atoms with Crippen LogP contribution in [-0.2, 0) is 39.0 Å². The third kappa shape index (κ3) is 10.9. The number of aromatic nitrogens is 1. The second-order valence-corrected chi connectivity index (χ2v) is 19.7. The number of benzene rings is 7. The van der Waals surface area contributed by atoms with Crippen molar-refractivity contribution in [1.29, 1.82) is 0 Å². The molecule has 0 spiro atoms. The van der Waals surface area contributed by atoms with Gasteiger partial charge in [0.1, 0.15) is 28.3 Å². The van der Waals surface area contributed by atoms with Gasteiger partial charge in [0.15, 0.2) is 23.1 Å². The molecule has 1 aromatic heterocycles. The predicted octanol–water partition coefficient (Wildman–Crippen LogP) is 10.8. The fourth-order valence-electron chi connectivity index (χ4n) is 9.22. The Bertz CT molecular complexity index is 3140. The molecule has 12 nitrogen and oxygen atoms in total. The van der Waals surface area contributed by atoms with E-state index in [9.17, 15) is 19.2 Å². The van der Waals surface area contributed by atoms with E-state index in [1.165, 1.54) is 28.0 Å². The van der Waals surface area contributed by atoms with Crippen LogP contribution in [0.5, 0.6) is 0 Å². The minimum atomic E-state index is -1.10. The molecule has 1 saturated heterocycles. The Labute approximate surface area is 447 Å². The smallest absolute Gasteiger partial charge is 0.356 e. The minimum Gasteiger partial charge on any atom is -0.450 e. The number of anilines is 1. The third-order valence-corrected chi connectivity index (χ3v) is 15.2. The SMILES string of the molecule is O=C(CO/N=C(\C(=O)NC1C(=O)N2C(C(=O)OC(c3ccccc3)c3ccccc3)=C(CCl)CS[C@H]12)c1csc(NC(c2ccccc2)(c2ccccc2)c2ccccc2)n1)OC(c1ccccc1)c1ccccc1. The Balaban J connectivity index is 0.943.